The van der Waals surface area contributed by atoms with E-state index in [4.69, 9.17) is 23.2 Å². The Balaban J connectivity index is 2.32. The second kappa shape index (κ2) is 12.0. The molecule has 0 saturated heterocycles. The number of rotatable bonds is 9. The summed E-state index contributed by atoms with van der Waals surface area (Å²) in [5.74, 6) is -0.568. The Hall–Kier alpha value is -2.34. The van der Waals surface area contributed by atoms with Gasteiger partial charge in [0.2, 0.25) is 10.0 Å². The van der Waals surface area contributed by atoms with Crippen molar-refractivity contribution in [1.82, 2.24) is 9.29 Å². The van der Waals surface area contributed by atoms with Gasteiger partial charge in [0.1, 0.15) is 4.75 Å². The Morgan fingerprint density at radius 2 is 1.72 bits per heavy atom. The van der Waals surface area contributed by atoms with E-state index in [9.17, 15) is 22.6 Å². The van der Waals surface area contributed by atoms with E-state index in [0.717, 1.165) is 0 Å². The summed E-state index contributed by atoms with van der Waals surface area (Å²) in [6.07, 6.45) is 1.57. The van der Waals surface area contributed by atoms with Crippen molar-refractivity contribution in [2.75, 3.05) is 10.5 Å². The molecule has 1 heterocycles. The molecule has 1 unspecified atom stereocenters. The highest BCUT2D eigenvalue weighted by molar-refractivity contribution is 7.92. The zero-order chi connectivity index (χ0) is 29.3. The van der Waals surface area contributed by atoms with Gasteiger partial charge < -0.3 is 9.12 Å². The number of hydrogen-bond acceptors (Lipinski definition) is 6. The zero-order valence-electron chi connectivity index (χ0n) is 22.5. The van der Waals surface area contributed by atoms with E-state index in [1.54, 1.807) is 44.4 Å². The van der Waals surface area contributed by atoms with Gasteiger partial charge in [0.25, 0.3) is 5.56 Å². The smallest absolute Gasteiger partial charge is 0.250 e. The van der Waals surface area contributed by atoms with Crippen LogP contribution in [0.15, 0.2) is 53.5 Å². The van der Waals surface area contributed by atoms with Crippen LogP contribution in [0.3, 0.4) is 0 Å². The second-order valence-electron chi connectivity index (χ2n) is 10.0. The molecule has 0 aliphatic carbocycles. The highest BCUT2D eigenvalue weighted by Crippen LogP contribution is 2.37. The maximum atomic E-state index is 13.7. The average Bonchev–Trinajstić information content (AvgIpc) is 2.85. The molecule has 0 aliphatic rings. The van der Waals surface area contributed by atoms with E-state index in [1.165, 1.54) is 29.7 Å². The molecule has 0 bridgehead atoms. The number of ketones is 1. The standard InChI is InChI=1S/C27H31Cl2N3O5S2/c1-7-39(36,37)31-24-13-20(21(12-23(24)29)26(34)17-8-10-18(28)11-9-17)22-15-32(6)25(33)14-19(22)16(2)30-38(35)27(3,4)5/h8-16,30-31H,7H2,1-6H3/t16-,38?/m0/s1. The van der Waals surface area contributed by atoms with Crippen LogP contribution >= 0.6 is 23.2 Å². The van der Waals surface area contributed by atoms with E-state index in [2.05, 4.69) is 9.44 Å². The van der Waals surface area contributed by atoms with Crippen molar-refractivity contribution < 1.29 is 17.8 Å². The van der Waals surface area contributed by atoms with E-state index in [0.29, 0.717) is 27.3 Å². The first-order chi connectivity index (χ1) is 18.0. The van der Waals surface area contributed by atoms with Gasteiger partial charge in [0.15, 0.2) is 5.78 Å². The Bertz CT molecular complexity index is 1550. The molecule has 0 saturated carbocycles. The number of carbonyl (C=O) groups is 1. The fourth-order valence-electron chi connectivity index (χ4n) is 3.69. The minimum Gasteiger partial charge on any atom is -0.598 e. The Labute approximate surface area is 242 Å². The van der Waals surface area contributed by atoms with Gasteiger partial charge in [-0.15, -0.1) is 4.72 Å². The fraction of sp³-hybridized carbons (Fsp3) is 0.333. The molecule has 3 aromatic rings. The van der Waals surface area contributed by atoms with Gasteiger partial charge in [-0.05, 0) is 82.1 Å². The molecule has 210 valence electrons. The van der Waals surface area contributed by atoms with Gasteiger partial charge in [-0.2, -0.15) is 0 Å². The van der Waals surface area contributed by atoms with Crippen LogP contribution in [0.25, 0.3) is 11.1 Å². The summed E-state index contributed by atoms with van der Waals surface area (Å²) in [7, 11) is -2.13. The van der Waals surface area contributed by atoms with E-state index >= 15 is 0 Å². The summed E-state index contributed by atoms with van der Waals surface area (Å²) >= 11 is 11.0. The third-order valence-corrected chi connectivity index (χ3v) is 9.50. The third kappa shape index (κ3) is 7.45. The van der Waals surface area contributed by atoms with Crippen LogP contribution in [0.5, 0.6) is 0 Å². The minimum absolute atomic E-state index is 0.0273. The lowest BCUT2D eigenvalue weighted by atomic mass is 9.90. The first-order valence-corrected chi connectivity index (χ1v) is 15.6. The van der Waals surface area contributed by atoms with Crippen LogP contribution in [-0.2, 0) is 28.4 Å². The fourth-order valence-corrected chi connectivity index (χ4v) is 5.53. The molecule has 0 amide bonds. The van der Waals surface area contributed by atoms with Crippen LogP contribution in [-0.4, -0.2) is 33.8 Å². The maximum Gasteiger partial charge on any atom is 0.250 e. The van der Waals surface area contributed by atoms with Crippen molar-refractivity contribution in [2.24, 2.45) is 7.05 Å². The molecule has 0 radical (unpaired) electrons. The minimum atomic E-state index is -3.70. The number of pyridine rings is 1. The van der Waals surface area contributed by atoms with E-state index in [-0.39, 0.29) is 33.4 Å². The van der Waals surface area contributed by atoms with Crippen LogP contribution in [0.2, 0.25) is 10.0 Å². The predicted octanol–water partition coefficient (Wildman–Crippen LogP) is 5.46. The molecule has 1 aromatic heterocycles. The summed E-state index contributed by atoms with van der Waals surface area (Å²) in [6, 6.07) is 10.1. The molecule has 12 heteroatoms. The number of aromatic nitrogens is 1. The van der Waals surface area contributed by atoms with Crippen molar-refractivity contribution in [1.29, 1.82) is 0 Å². The van der Waals surface area contributed by atoms with Crippen molar-refractivity contribution >= 4 is 56.1 Å². The monoisotopic (exact) mass is 611 g/mol. The van der Waals surface area contributed by atoms with Gasteiger partial charge >= 0.3 is 0 Å². The molecular formula is C27H31Cl2N3O5S2. The number of benzene rings is 2. The molecule has 3 rings (SSSR count). The van der Waals surface area contributed by atoms with Gasteiger partial charge in [-0.25, -0.2) is 8.42 Å². The average molecular weight is 613 g/mol. The zero-order valence-corrected chi connectivity index (χ0v) is 25.6. The summed E-state index contributed by atoms with van der Waals surface area (Å²) in [5, 5.41) is 0.487. The number of halogens is 2. The Morgan fingerprint density at radius 1 is 1.10 bits per heavy atom. The molecule has 8 nitrogen and oxygen atoms in total. The summed E-state index contributed by atoms with van der Waals surface area (Å²) in [6.45, 7) is 8.72. The van der Waals surface area contributed by atoms with Crippen LogP contribution < -0.4 is 15.0 Å². The highest BCUT2D eigenvalue weighted by atomic mass is 35.5. The lowest BCUT2D eigenvalue weighted by Crippen LogP contribution is -2.41. The number of aryl methyl sites for hydroxylation is 1. The summed E-state index contributed by atoms with van der Waals surface area (Å²) < 4.78 is 44.0. The quantitative estimate of drug-likeness (QED) is 0.245. The Kier molecular flexibility index (Phi) is 9.63. The number of sulfonamides is 1. The van der Waals surface area contributed by atoms with Gasteiger partial charge in [0.05, 0.1) is 22.5 Å². The molecule has 0 fully saturated rings. The van der Waals surface area contributed by atoms with Crippen molar-refractivity contribution in [3.8, 4) is 11.1 Å². The van der Waals surface area contributed by atoms with Gasteiger partial charge in [-0.3, -0.25) is 14.3 Å². The molecule has 39 heavy (non-hydrogen) atoms. The lowest BCUT2D eigenvalue weighted by molar-refractivity contribution is 0.103. The summed E-state index contributed by atoms with van der Waals surface area (Å²) in [5.41, 5.74) is 1.58. The van der Waals surface area contributed by atoms with E-state index < -0.39 is 32.2 Å². The molecule has 0 spiro atoms. The topological polar surface area (TPSA) is 120 Å². The molecular weight excluding hydrogens is 581 g/mol. The van der Waals surface area contributed by atoms with Crippen molar-refractivity contribution in [3.63, 3.8) is 0 Å². The maximum absolute atomic E-state index is 13.7. The van der Waals surface area contributed by atoms with Crippen molar-refractivity contribution in [2.45, 2.75) is 45.4 Å². The number of nitrogens with zero attached hydrogens (tertiary/aromatic N) is 1. The first kappa shape index (κ1) is 31.2. The second-order valence-corrected chi connectivity index (χ2v) is 14.9. The van der Waals surface area contributed by atoms with Crippen molar-refractivity contribution in [3.05, 3.63) is 85.8 Å². The van der Waals surface area contributed by atoms with Crippen LogP contribution in [0.4, 0.5) is 5.69 Å². The normalized spacial score (nSPS) is 13.7. The number of nitrogens with one attached hydrogen (secondary N) is 2. The number of anilines is 1. The molecule has 2 aromatic carbocycles. The van der Waals surface area contributed by atoms with Gasteiger partial charge in [0, 0.05) is 52.4 Å². The highest BCUT2D eigenvalue weighted by Gasteiger charge is 2.30. The predicted molar refractivity (Wildman–Crippen MR) is 160 cm³/mol. The van der Waals surface area contributed by atoms with Crippen LogP contribution in [0.1, 0.15) is 62.1 Å². The molecule has 2 atom stereocenters. The molecule has 0 aliphatic heterocycles. The number of hydrogen-bond donors (Lipinski definition) is 2. The third-order valence-electron chi connectivity index (χ3n) is 5.96. The van der Waals surface area contributed by atoms with Gasteiger partial charge in [-0.1, -0.05) is 23.2 Å². The van der Waals surface area contributed by atoms with Crippen LogP contribution in [0, 0.1) is 0 Å². The number of carbonyl (C=O) groups excluding carboxylic acids is 1. The summed E-state index contributed by atoms with van der Waals surface area (Å²) in [4.78, 5) is 26.4. The largest absolute Gasteiger partial charge is 0.598 e. The van der Waals surface area contributed by atoms with E-state index in [1.807, 2.05) is 20.8 Å². The SMILES string of the molecule is CCS(=O)(=O)Nc1cc(-c2cn(C)c(=O)cc2[C@H](C)N[S+]([O-])C(C)(C)C)c(C(=O)c2ccc(Cl)cc2)cc1Cl. The first-order valence-electron chi connectivity index (χ1n) is 12.1. The Morgan fingerprint density at radius 3 is 2.28 bits per heavy atom. The molecule has 2 N–H and O–H groups in total. The lowest BCUT2D eigenvalue weighted by Gasteiger charge is -2.27.